The van der Waals surface area contributed by atoms with Gasteiger partial charge in [-0.2, -0.15) is 0 Å². The van der Waals surface area contributed by atoms with E-state index in [0.29, 0.717) is 23.5 Å². The first-order chi connectivity index (χ1) is 12.3. The Labute approximate surface area is 157 Å². The minimum atomic E-state index is -3.83. The van der Waals surface area contributed by atoms with Crippen molar-refractivity contribution in [3.8, 4) is 5.75 Å². The number of nitrogens with one attached hydrogen (secondary N) is 2. The Morgan fingerprint density at radius 3 is 2.73 bits per heavy atom. The summed E-state index contributed by atoms with van der Waals surface area (Å²) in [6.07, 6.45) is 0.389. The Morgan fingerprint density at radius 2 is 2.00 bits per heavy atom. The van der Waals surface area contributed by atoms with E-state index in [2.05, 4.69) is 10.0 Å². The predicted octanol–water partition coefficient (Wildman–Crippen LogP) is 3.63. The molecule has 0 bridgehead atoms. The number of anilines is 2. The Morgan fingerprint density at radius 1 is 1.23 bits per heavy atom. The van der Waals surface area contributed by atoms with Gasteiger partial charge in [0, 0.05) is 16.6 Å². The Bertz CT molecular complexity index is 958. The molecule has 26 heavy (non-hydrogen) atoms. The molecule has 0 aromatic heterocycles. The van der Waals surface area contributed by atoms with Gasteiger partial charge in [0.15, 0.2) is 0 Å². The number of thioether (sulfide) groups is 1. The number of amides is 1. The smallest absolute Gasteiger partial charge is 0.262 e. The van der Waals surface area contributed by atoms with Gasteiger partial charge in [-0.15, -0.1) is 11.8 Å². The third kappa shape index (κ3) is 3.96. The van der Waals surface area contributed by atoms with Crippen LogP contribution in [0.5, 0.6) is 5.75 Å². The fourth-order valence-corrected chi connectivity index (χ4v) is 4.84. The maximum absolute atomic E-state index is 12.8. The Kier molecular flexibility index (Phi) is 5.15. The van der Waals surface area contributed by atoms with Gasteiger partial charge < -0.3 is 10.1 Å². The van der Waals surface area contributed by atoms with Gasteiger partial charge in [-0.05, 0) is 42.8 Å². The molecule has 1 aliphatic rings. The summed E-state index contributed by atoms with van der Waals surface area (Å²) in [6.45, 7) is 3.84. The lowest BCUT2D eigenvalue weighted by atomic mass is 10.2. The minimum absolute atomic E-state index is 0.0789. The van der Waals surface area contributed by atoms with Crippen LogP contribution in [-0.4, -0.2) is 26.7 Å². The fraction of sp³-hybridized carbons (Fsp3) is 0.278. The Hall–Kier alpha value is -2.19. The number of rotatable bonds is 4. The molecule has 2 aromatic rings. The maximum Gasteiger partial charge on any atom is 0.262 e. The number of aryl methyl sites for hydroxylation is 1. The van der Waals surface area contributed by atoms with Crippen LogP contribution in [0, 0.1) is 6.92 Å². The number of carbonyl (C=O) groups is 1. The van der Waals surface area contributed by atoms with Crippen molar-refractivity contribution in [2.45, 2.75) is 35.3 Å². The van der Waals surface area contributed by atoms with Crippen LogP contribution in [0.3, 0.4) is 0 Å². The van der Waals surface area contributed by atoms with E-state index in [-0.39, 0.29) is 16.1 Å². The number of sulfonamides is 1. The van der Waals surface area contributed by atoms with E-state index < -0.39 is 10.0 Å². The number of ether oxygens (including phenoxy) is 1. The molecule has 0 aliphatic carbocycles. The van der Waals surface area contributed by atoms with Gasteiger partial charge in [-0.25, -0.2) is 8.42 Å². The number of fused-ring (bicyclic) bond motifs is 1. The van der Waals surface area contributed by atoms with Crippen LogP contribution in [0.4, 0.5) is 11.4 Å². The minimum Gasteiger partial charge on any atom is -0.495 e. The highest BCUT2D eigenvalue weighted by atomic mass is 32.2. The van der Waals surface area contributed by atoms with Crippen molar-refractivity contribution in [3.63, 3.8) is 0 Å². The number of benzene rings is 2. The number of methoxy groups -OCH3 is 1. The molecule has 1 aliphatic heterocycles. The zero-order valence-corrected chi connectivity index (χ0v) is 16.3. The van der Waals surface area contributed by atoms with Gasteiger partial charge in [0.05, 0.1) is 23.4 Å². The topological polar surface area (TPSA) is 84.5 Å². The van der Waals surface area contributed by atoms with E-state index >= 15 is 0 Å². The third-order valence-electron chi connectivity index (χ3n) is 3.94. The standard InChI is InChI=1S/C18H20N2O4S2/c1-11-4-6-16(24-3)14(8-11)20-26(22,23)13-5-7-17-15(10-13)19-18(21)9-12(2)25-17/h4-8,10,12,20H,9H2,1-3H3,(H,19,21)/t12-/m1/s1. The highest BCUT2D eigenvalue weighted by Crippen LogP contribution is 2.37. The summed E-state index contributed by atoms with van der Waals surface area (Å²) < 4.78 is 33.4. The molecule has 0 spiro atoms. The number of carbonyl (C=O) groups excluding carboxylic acids is 1. The molecule has 8 heteroatoms. The van der Waals surface area contributed by atoms with Crippen molar-refractivity contribution in [3.05, 3.63) is 42.0 Å². The molecule has 0 fully saturated rings. The molecule has 138 valence electrons. The quantitative estimate of drug-likeness (QED) is 0.830. The molecular formula is C18H20N2O4S2. The van der Waals surface area contributed by atoms with Crippen molar-refractivity contribution < 1.29 is 17.9 Å². The second-order valence-corrected chi connectivity index (χ2v) is 9.31. The summed E-state index contributed by atoms with van der Waals surface area (Å²) in [5.74, 6) is 0.318. The van der Waals surface area contributed by atoms with Crippen molar-refractivity contribution in [2.75, 3.05) is 17.1 Å². The zero-order valence-electron chi connectivity index (χ0n) is 14.7. The molecule has 3 rings (SSSR count). The van der Waals surface area contributed by atoms with Crippen LogP contribution in [0.25, 0.3) is 0 Å². The first-order valence-corrected chi connectivity index (χ1v) is 10.4. The monoisotopic (exact) mass is 392 g/mol. The van der Waals surface area contributed by atoms with Gasteiger partial charge in [0.2, 0.25) is 5.91 Å². The molecule has 2 aromatic carbocycles. The summed E-state index contributed by atoms with van der Waals surface area (Å²) in [7, 11) is -2.34. The second-order valence-electron chi connectivity index (χ2n) is 6.15. The van der Waals surface area contributed by atoms with Gasteiger partial charge in [0.25, 0.3) is 10.0 Å². The summed E-state index contributed by atoms with van der Waals surface area (Å²) in [5.41, 5.74) is 1.79. The third-order valence-corrected chi connectivity index (χ3v) is 6.48. The van der Waals surface area contributed by atoms with Crippen LogP contribution < -0.4 is 14.8 Å². The van der Waals surface area contributed by atoms with E-state index in [1.54, 1.807) is 36.0 Å². The van der Waals surface area contributed by atoms with E-state index in [1.165, 1.54) is 13.2 Å². The largest absolute Gasteiger partial charge is 0.495 e. The van der Waals surface area contributed by atoms with Gasteiger partial charge in [-0.3, -0.25) is 9.52 Å². The predicted molar refractivity (Wildman–Crippen MR) is 104 cm³/mol. The zero-order chi connectivity index (χ0) is 18.9. The van der Waals surface area contributed by atoms with E-state index in [0.717, 1.165) is 10.5 Å². The van der Waals surface area contributed by atoms with Crippen LogP contribution in [0.2, 0.25) is 0 Å². The van der Waals surface area contributed by atoms with Gasteiger partial charge in [0.1, 0.15) is 5.75 Å². The molecule has 1 amide bonds. The summed E-state index contributed by atoms with van der Waals surface area (Å²) in [6, 6.07) is 10.0. The fourth-order valence-electron chi connectivity index (χ4n) is 2.70. The Balaban J connectivity index is 1.96. The van der Waals surface area contributed by atoms with Crippen LogP contribution in [0.1, 0.15) is 18.9 Å². The molecule has 0 unspecified atom stereocenters. The maximum atomic E-state index is 12.8. The molecular weight excluding hydrogens is 372 g/mol. The van der Waals surface area contributed by atoms with Gasteiger partial charge in [-0.1, -0.05) is 13.0 Å². The first-order valence-electron chi connectivity index (χ1n) is 8.06. The van der Waals surface area contributed by atoms with Crippen molar-refractivity contribution >= 4 is 39.1 Å². The second kappa shape index (κ2) is 7.20. The van der Waals surface area contributed by atoms with Crippen molar-refractivity contribution in [1.29, 1.82) is 0 Å². The van der Waals surface area contributed by atoms with E-state index in [9.17, 15) is 13.2 Å². The van der Waals surface area contributed by atoms with Crippen LogP contribution in [-0.2, 0) is 14.8 Å². The lowest BCUT2D eigenvalue weighted by Gasteiger charge is -2.14. The van der Waals surface area contributed by atoms with Crippen LogP contribution in [0.15, 0.2) is 46.2 Å². The lowest BCUT2D eigenvalue weighted by Crippen LogP contribution is -2.15. The summed E-state index contributed by atoms with van der Waals surface area (Å²) in [5, 5.41) is 2.92. The highest BCUT2D eigenvalue weighted by Gasteiger charge is 2.23. The van der Waals surface area contributed by atoms with Crippen LogP contribution >= 0.6 is 11.8 Å². The highest BCUT2D eigenvalue weighted by molar-refractivity contribution is 8.00. The van der Waals surface area contributed by atoms with Gasteiger partial charge >= 0.3 is 0 Å². The molecule has 0 radical (unpaired) electrons. The average Bonchev–Trinajstić information content (AvgIpc) is 2.70. The summed E-state index contributed by atoms with van der Waals surface area (Å²) in [4.78, 5) is 12.9. The molecule has 1 heterocycles. The van der Waals surface area contributed by atoms with Crippen molar-refractivity contribution in [1.82, 2.24) is 0 Å². The van der Waals surface area contributed by atoms with E-state index in [4.69, 9.17) is 4.74 Å². The number of hydrogen-bond acceptors (Lipinski definition) is 5. The number of hydrogen-bond donors (Lipinski definition) is 2. The lowest BCUT2D eigenvalue weighted by molar-refractivity contribution is -0.116. The molecule has 0 saturated heterocycles. The molecule has 0 saturated carbocycles. The first kappa shape index (κ1) is 18.6. The van der Waals surface area contributed by atoms with E-state index in [1.807, 2.05) is 19.9 Å². The molecule has 6 nitrogen and oxygen atoms in total. The molecule has 2 N–H and O–H groups in total. The van der Waals surface area contributed by atoms with Crippen molar-refractivity contribution in [2.24, 2.45) is 0 Å². The summed E-state index contributed by atoms with van der Waals surface area (Å²) >= 11 is 1.55. The SMILES string of the molecule is COc1ccc(C)cc1NS(=O)(=O)c1ccc2c(c1)NC(=O)C[C@@H](C)S2. The average molecular weight is 393 g/mol. The normalized spacial score (nSPS) is 17.0. The molecule has 1 atom stereocenters.